The van der Waals surface area contributed by atoms with Crippen LogP contribution in [0.5, 0.6) is 0 Å². The molecule has 0 aromatic carbocycles. The SMILES string of the molecule is C=C1CC=C(OC)C(=O)N1. The fourth-order valence-corrected chi connectivity index (χ4v) is 0.758. The summed E-state index contributed by atoms with van der Waals surface area (Å²) < 4.78 is 4.76. The van der Waals surface area contributed by atoms with Crippen molar-refractivity contribution in [1.82, 2.24) is 5.32 Å². The fourth-order valence-electron chi connectivity index (χ4n) is 0.758. The molecule has 1 rings (SSSR count). The number of rotatable bonds is 1. The molecule has 1 aliphatic heterocycles. The lowest BCUT2D eigenvalue weighted by Gasteiger charge is -2.13. The Bertz CT molecular complexity index is 206. The topological polar surface area (TPSA) is 38.3 Å². The van der Waals surface area contributed by atoms with Crippen LogP contribution < -0.4 is 5.32 Å². The van der Waals surface area contributed by atoms with Crippen LogP contribution in [0.15, 0.2) is 24.1 Å². The van der Waals surface area contributed by atoms with Gasteiger partial charge >= 0.3 is 0 Å². The maximum atomic E-state index is 10.9. The van der Waals surface area contributed by atoms with Crippen molar-refractivity contribution in [3.8, 4) is 0 Å². The van der Waals surface area contributed by atoms with Crippen LogP contribution in [0.25, 0.3) is 0 Å². The van der Waals surface area contributed by atoms with E-state index in [9.17, 15) is 4.79 Å². The highest BCUT2D eigenvalue weighted by atomic mass is 16.5. The van der Waals surface area contributed by atoms with Gasteiger partial charge < -0.3 is 10.1 Å². The molecule has 0 saturated heterocycles. The molecule has 0 spiro atoms. The molecule has 3 nitrogen and oxygen atoms in total. The predicted molar refractivity (Wildman–Crippen MR) is 37.0 cm³/mol. The molecule has 0 saturated carbocycles. The summed E-state index contributed by atoms with van der Waals surface area (Å²) in [5.74, 6) is 0.158. The van der Waals surface area contributed by atoms with Crippen molar-refractivity contribution < 1.29 is 9.53 Å². The van der Waals surface area contributed by atoms with Crippen LogP contribution in [0.4, 0.5) is 0 Å². The van der Waals surface area contributed by atoms with Crippen LogP contribution >= 0.6 is 0 Å². The summed E-state index contributed by atoms with van der Waals surface area (Å²) in [5, 5.41) is 2.55. The molecule has 0 aromatic rings. The molecule has 10 heavy (non-hydrogen) atoms. The van der Waals surface area contributed by atoms with E-state index in [1.807, 2.05) is 0 Å². The third kappa shape index (κ3) is 1.18. The molecule has 0 radical (unpaired) electrons. The number of hydrogen-bond acceptors (Lipinski definition) is 2. The highest BCUT2D eigenvalue weighted by Crippen LogP contribution is 2.08. The number of carbonyl (C=O) groups is 1. The van der Waals surface area contributed by atoms with E-state index in [4.69, 9.17) is 4.74 Å². The molecule has 0 unspecified atom stereocenters. The molecule has 0 aliphatic carbocycles. The molecule has 3 heteroatoms. The van der Waals surface area contributed by atoms with Crippen molar-refractivity contribution in [2.45, 2.75) is 6.42 Å². The van der Waals surface area contributed by atoms with E-state index in [2.05, 4.69) is 11.9 Å². The van der Waals surface area contributed by atoms with Gasteiger partial charge in [0, 0.05) is 12.1 Å². The lowest BCUT2D eigenvalue weighted by Crippen LogP contribution is -2.27. The first-order valence-electron chi connectivity index (χ1n) is 2.97. The Kier molecular flexibility index (Phi) is 1.76. The average molecular weight is 139 g/mol. The monoisotopic (exact) mass is 139 g/mol. The van der Waals surface area contributed by atoms with Gasteiger partial charge in [0.15, 0.2) is 5.76 Å². The van der Waals surface area contributed by atoms with Crippen molar-refractivity contribution >= 4 is 5.91 Å². The van der Waals surface area contributed by atoms with Crippen LogP contribution in [-0.4, -0.2) is 13.0 Å². The number of amides is 1. The highest BCUT2D eigenvalue weighted by Gasteiger charge is 2.14. The summed E-state index contributed by atoms with van der Waals surface area (Å²) in [6, 6.07) is 0. The van der Waals surface area contributed by atoms with Crippen LogP contribution in [0.2, 0.25) is 0 Å². The van der Waals surface area contributed by atoms with Crippen molar-refractivity contribution in [3.05, 3.63) is 24.1 Å². The minimum atomic E-state index is -0.209. The maximum absolute atomic E-state index is 10.9. The molecule has 0 aromatic heterocycles. The van der Waals surface area contributed by atoms with E-state index < -0.39 is 0 Å². The Morgan fingerprint density at radius 2 is 2.50 bits per heavy atom. The Balaban J connectivity index is 2.75. The summed E-state index contributed by atoms with van der Waals surface area (Å²) in [4.78, 5) is 10.9. The molecule has 54 valence electrons. The first kappa shape index (κ1) is 6.86. The molecule has 0 atom stereocenters. The summed E-state index contributed by atoms with van der Waals surface area (Å²) in [6.45, 7) is 3.60. The maximum Gasteiger partial charge on any atom is 0.290 e. The van der Waals surface area contributed by atoms with Gasteiger partial charge in [-0.25, -0.2) is 0 Å². The van der Waals surface area contributed by atoms with Gasteiger partial charge in [-0.2, -0.15) is 0 Å². The first-order chi connectivity index (χ1) is 4.74. The van der Waals surface area contributed by atoms with Crippen LogP contribution in [0.3, 0.4) is 0 Å². The third-order valence-corrected chi connectivity index (χ3v) is 1.27. The van der Waals surface area contributed by atoms with Gasteiger partial charge in [0.2, 0.25) is 0 Å². The van der Waals surface area contributed by atoms with Gasteiger partial charge in [-0.05, 0) is 6.08 Å². The number of methoxy groups -OCH3 is 1. The second-order valence-corrected chi connectivity index (χ2v) is 2.03. The Morgan fingerprint density at radius 1 is 1.80 bits per heavy atom. The normalized spacial score (nSPS) is 17.9. The fraction of sp³-hybridized carbons (Fsp3) is 0.286. The summed E-state index contributed by atoms with van der Waals surface area (Å²) in [5.41, 5.74) is 0.714. The van der Waals surface area contributed by atoms with Gasteiger partial charge in [-0.3, -0.25) is 4.79 Å². The average Bonchev–Trinajstić information content (AvgIpc) is 1.88. The summed E-state index contributed by atoms with van der Waals surface area (Å²) >= 11 is 0. The lowest BCUT2D eigenvalue weighted by molar-refractivity contribution is -0.120. The molecular weight excluding hydrogens is 130 g/mol. The van der Waals surface area contributed by atoms with E-state index >= 15 is 0 Å². The van der Waals surface area contributed by atoms with Gasteiger partial charge in [0.25, 0.3) is 5.91 Å². The molecule has 0 fully saturated rings. The molecule has 1 heterocycles. The molecule has 1 N–H and O–H groups in total. The van der Waals surface area contributed by atoms with Crippen molar-refractivity contribution in [1.29, 1.82) is 0 Å². The summed E-state index contributed by atoms with van der Waals surface area (Å²) in [6.07, 6.45) is 2.37. The van der Waals surface area contributed by atoms with Crippen molar-refractivity contribution in [2.24, 2.45) is 0 Å². The third-order valence-electron chi connectivity index (χ3n) is 1.27. The minimum Gasteiger partial charge on any atom is -0.491 e. The highest BCUT2D eigenvalue weighted by molar-refractivity contribution is 5.93. The van der Waals surface area contributed by atoms with E-state index in [-0.39, 0.29) is 5.91 Å². The van der Waals surface area contributed by atoms with E-state index in [0.717, 1.165) is 0 Å². The van der Waals surface area contributed by atoms with Gasteiger partial charge in [0.05, 0.1) is 7.11 Å². The number of ether oxygens (including phenoxy) is 1. The Hall–Kier alpha value is -1.25. The molecule has 1 amide bonds. The Morgan fingerprint density at radius 3 is 3.00 bits per heavy atom. The minimum absolute atomic E-state index is 0.209. The zero-order valence-electron chi connectivity index (χ0n) is 5.81. The predicted octanol–water partition coefficient (Wildman–Crippen LogP) is 0.550. The van der Waals surface area contributed by atoms with Crippen LogP contribution in [0.1, 0.15) is 6.42 Å². The van der Waals surface area contributed by atoms with Crippen LogP contribution in [0, 0.1) is 0 Å². The van der Waals surface area contributed by atoms with E-state index in [0.29, 0.717) is 17.9 Å². The lowest BCUT2D eigenvalue weighted by atomic mass is 10.2. The van der Waals surface area contributed by atoms with E-state index in [1.165, 1.54) is 7.11 Å². The first-order valence-corrected chi connectivity index (χ1v) is 2.97. The smallest absolute Gasteiger partial charge is 0.290 e. The molecule has 0 bridgehead atoms. The van der Waals surface area contributed by atoms with Gasteiger partial charge in [0.1, 0.15) is 0 Å². The number of carbonyl (C=O) groups excluding carboxylic acids is 1. The van der Waals surface area contributed by atoms with Crippen LogP contribution in [-0.2, 0) is 9.53 Å². The Labute approximate surface area is 59.4 Å². The number of nitrogens with one attached hydrogen (secondary N) is 1. The molecular formula is C7H9NO2. The van der Waals surface area contributed by atoms with Gasteiger partial charge in [-0.1, -0.05) is 6.58 Å². The second kappa shape index (κ2) is 2.56. The largest absolute Gasteiger partial charge is 0.491 e. The quantitative estimate of drug-likeness (QED) is 0.576. The summed E-state index contributed by atoms with van der Waals surface area (Å²) in [7, 11) is 1.47. The zero-order chi connectivity index (χ0) is 7.56. The second-order valence-electron chi connectivity index (χ2n) is 2.03. The zero-order valence-corrected chi connectivity index (χ0v) is 5.81. The number of hydrogen-bond donors (Lipinski definition) is 1. The molecule has 1 aliphatic rings. The number of allylic oxidation sites excluding steroid dienone is 1. The van der Waals surface area contributed by atoms with Crippen molar-refractivity contribution in [3.63, 3.8) is 0 Å². The van der Waals surface area contributed by atoms with E-state index in [1.54, 1.807) is 6.08 Å². The van der Waals surface area contributed by atoms with Crippen molar-refractivity contribution in [2.75, 3.05) is 7.11 Å². The van der Waals surface area contributed by atoms with Gasteiger partial charge in [-0.15, -0.1) is 0 Å². The standard InChI is InChI=1S/C7H9NO2/c1-5-3-4-6(10-2)7(9)8-5/h4H,1,3H2,2H3,(H,8,9).